The first-order valence-electron chi connectivity index (χ1n) is 6.60. The molecule has 1 aliphatic rings. The predicted octanol–water partition coefficient (Wildman–Crippen LogP) is 2.16. The maximum atomic E-state index is 11.7. The highest BCUT2D eigenvalue weighted by molar-refractivity contribution is 7.11. The average molecular weight is 324 g/mol. The van der Waals surface area contributed by atoms with E-state index in [-0.39, 0.29) is 11.9 Å². The van der Waals surface area contributed by atoms with E-state index in [1.54, 1.807) is 11.3 Å². The predicted molar refractivity (Wildman–Crippen MR) is 84.7 cm³/mol. The zero-order chi connectivity index (χ0) is 15.0. The number of aromatic nitrogens is 2. The fourth-order valence-electron chi connectivity index (χ4n) is 2.53. The minimum atomic E-state index is -0.152. The molecule has 8 heteroatoms. The lowest BCUT2D eigenvalue weighted by atomic mass is 10.1. The Morgan fingerprint density at radius 2 is 2.38 bits per heavy atom. The van der Waals surface area contributed by atoms with Crippen LogP contribution in [0.1, 0.15) is 11.4 Å². The van der Waals surface area contributed by atoms with Gasteiger partial charge in [-0.05, 0) is 24.9 Å². The topological polar surface area (TPSA) is 81.3 Å². The molecule has 1 fully saturated rings. The Morgan fingerprint density at radius 1 is 1.57 bits per heavy atom. The Bertz CT molecular complexity index is 667. The molecule has 1 aliphatic heterocycles. The number of carbonyl (C=O) groups is 1. The molecule has 0 spiro atoms. The summed E-state index contributed by atoms with van der Waals surface area (Å²) in [4.78, 5) is 18.3. The molecule has 0 aliphatic carbocycles. The third-order valence-corrected chi connectivity index (χ3v) is 5.28. The summed E-state index contributed by atoms with van der Waals surface area (Å²) >= 11 is 2.95. The number of rotatable bonds is 3. The summed E-state index contributed by atoms with van der Waals surface area (Å²) in [7, 11) is 1.43. The molecular weight excluding hydrogens is 308 g/mol. The van der Waals surface area contributed by atoms with E-state index in [1.165, 1.54) is 18.6 Å². The van der Waals surface area contributed by atoms with E-state index in [0.29, 0.717) is 12.4 Å². The highest BCUT2D eigenvalue weighted by atomic mass is 32.1. The quantitative estimate of drug-likeness (QED) is 0.871. The summed E-state index contributed by atoms with van der Waals surface area (Å²) in [5.74, 6) is 0.270. The molecule has 0 aromatic carbocycles. The molecule has 2 aromatic rings. The van der Waals surface area contributed by atoms with Gasteiger partial charge >= 0.3 is 5.97 Å². The van der Waals surface area contributed by atoms with Crippen molar-refractivity contribution in [3.05, 3.63) is 10.4 Å². The van der Waals surface area contributed by atoms with Crippen LogP contribution in [0.15, 0.2) is 5.38 Å². The van der Waals surface area contributed by atoms with Crippen LogP contribution in [-0.2, 0) is 9.53 Å². The third-order valence-electron chi connectivity index (χ3n) is 3.59. The number of anilines is 2. The van der Waals surface area contributed by atoms with Crippen LogP contribution in [0.2, 0.25) is 0 Å². The van der Waals surface area contributed by atoms with Crippen molar-refractivity contribution in [2.24, 2.45) is 5.92 Å². The molecule has 0 saturated carbocycles. The van der Waals surface area contributed by atoms with Crippen molar-refractivity contribution in [2.75, 3.05) is 30.8 Å². The van der Waals surface area contributed by atoms with Crippen LogP contribution in [0.3, 0.4) is 0 Å². The van der Waals surface area contributed by atoms with Gasteiger partial charge in [-0.15, -0.1) is 11.3 Å². The lowest BCUT2D eigenvalue weighted by Crippen LogP contribution is -2.23. The Hall–Kier alpha value is -1.67. The Balaban J connectivity index is 1.89. The maximum absolute atomic E-state index is 11.7. The average Bonchev–Trinajstić information content (AvgIpc) is 3.17. The van der Waals surface area contributed by atoms with Crippen LogP contribution in [0.4, 0.5) is 10.8 Å². The molecule has 2 aromatic heterocycles. The van der Waals surface area contributed by atoms with Crippen LogP contribution in [0.25, 0.3) is 11.3 Å². The van der Waals surface area contributed by atoms with Crippen LogP contribution in [0.5, 0.6) is 0 Å². The van der Waals surface area contributed by atoms with Crippen molar-refractivity contribution in [3.63, 3.8) is 0 Å². The van der Waals surface area contributed by atoms with Gasteiger partial charge in [0.05, 0.1) is 29.3 Å². The molecule has 6 nitrogen and oxygen atoms in total. The number of esters is 1. The van der Waals surface area contributed by atoms with E-state index >= 15 is 0 Å². The Labute approximate surface area is 130 Å². The van der Waals surface area contributed by atoms with E-state index < -0.39 is 0 Å². The number of nitrogens with zero attached hydrogens (tertiary/aromatic N) is 3. The fourth-order valence-corrected chi connectivity index (χ4v) is 3.99. The van der Waals surface area contributed by atoms with Crippen LogP contribution in [-0.4, -0.2) is 35.5 Å². The van der Waals surface area contributed by atoms with Gasteiger partial charge in [-0.25, -0.2) is 4.98 Å². The smallest absolute Gasteiger partial charge is 0.310 e. The van der Waals surface area contributed by atoms with Gasteiger partial charge in [0, 0.05) is 18.5 Å². The zero-order valence-electron chi connectivity index (χ0n) is 11.8. The van der Waals surface area contributed by atoms with E-state index in [4.69, 9.17) is 10.5 Å². The molecule has 0 amide bonds. The van der Waals surface area contributed by atoms with Crippen molar-refractivity contribution in [2.45, 2.75) is 13.3 Å². The van der Waals surface area contributed by atoms with E-state index in [1.807, 2.05) is 12.3 Å². The molecule has 3 rings (SSSR count). The van der Waals surface area contributed by atoms with Crippen molar-refractivity contribution in [1.82, 2.24) is 9.36 Å². The number of aryl methyl sites for hydroxylation is 1. The van der Waals surface area contributed by atoms with Gasteiger partial charge in [0.15, 0.2) is 0 Å². The van der Waals surface area contributed by atoms with Gasteiger partial charge in [-0.1, -0.05) is 0 Å². The number of carbonyl (C=O) groups excluding carboxylic acids is 1. The largest absolute Gasteiger partial charge is 0.469 e. The summed E-state index contributed by atoms with van der Waals surface area (Å²) in [6, 6.07) is 0. The van der Waals surface area contributed by atoms with Crippen molar-refractivity contribution in [1.29, 1.82) is 0 Å². The molecule has 112 valence electrons. The van der Waals surface area contributed by atoms with Gasteiger partial charge in [0.25, 0.3) is 0 Å². The molecular formula is C13H16N4O2S2. The van der Waals surface area contributed by atoms with Crippen molar-refractivity contribution < 1.29 is 9.53 Å². The second kappa shape index (κ2) is 5.61. The number of hydrogen-bond acceptors (Lipinski definition) is 8. The lowest BCUT2D eigenvalue weighted by Gasteiger charge is -2.17. The highest BCUT2D eigenvalue weighted by Gasteiger charge is 2.32. The maximum Gasteiger partial charge on any atom is 0.310 e. The van der Waals surface area contributed by atoms with E-state index in [0.717, 1.165) is 34.2 Å². The molecule has 0 radical (unpaired) electrons. The van der Waals surface area contributed by atoms with Gasteiger partial charge in [-0.3, -0.25) is 4.79 Å². The number of methoxy groups -OCH3 is 1. The Morgan fingerprint density at radius 3 is 3.05 bits per heavy atom. The molecule has 1 saturated heterocycles. The second-order valence-corrected chi connectivity index (χ2v) is 6.77. The fraction of sp³-hybridized carbons (Fsp3) is 0.462. The monoisotopic (exact) mass is 324 g/mol. The van der Waals surface area contributed by atoms with Gasteiger partial charge in [0.1, 0.15) is 10.8 Å². The van der Waals surface area contributed by atoms with Gasteiger partial charge < -0.3 is 15.4 Å². The van der Waals surface area contributed by atoms with Gasteiger partial charge in [-0.2, -0.15) is 4.37 Å². The third kappa shape index (κ3) is 2.60. The number of hydrogen-bond donors (Lipinski definition) is 1. The molecule has 1 unspecified atom stereocenters. The highest BCUT2D eigenvalue weighted by Crippen LogP contribution is 2.41. The van der Waals surface area contributed by atoms with Crippen LogP contribution < -0.4 is 10.6 Å². The molecule has 21 heavy (non-hydrogen) atoms. The number of nitrogens with two attached hydrogens (primary N) is 1. The lowest BCUT2D eigenvalue weighted by molar-refractivity contribution is -0.144. The summed E-state index contributed by atoms with van der Waals surface area (Å²) in [6.07, 6.45) is 0.792. The number of thiazole rings is 1. The van der Waals surface area contributed by atoms with Crippen molar-refractivity contribution in [3.8, 4) is 11.3 Å². The van der Waals surface area contributed by atoms with E-state index in [2.05, 4.69) is 14.3 Å². The summed E-state index contributed by atoms with van der Waals surface area (Å²) < 4.78 is 9.09. The first-order valence-corrected chi connectivity index (χ1v) is 8.26. The first-order chi connectivity index (χ1) is 10.1. The minimum absolute atomic E-state index is 0.0802. The molecule has 0 bridgehead atoms. The second-order valence-electron chi connectivity index (χ2n) is 4.95. The number of nitrogen functional groups attached to an aromatic ring is 1. The molecule has 2 N–H and O–H groups in total. The standard InChI is InChI=1S/C13H16N4O2S2/c1-7-15-9(6-20-7)10-11(14)16-21-12(10)17-4-3-8(5-17)13(18)19-2/h6,8H,3-5H2,1-2H3,(H2,14,16). The first kappa shape index (κ1) is 14.3. The minimum Gasteiger partial charge on any atom is -0.469 e. The van der Waals surface area contributed by atoms with Crippen LogP contribution in [0, 0.1) is 12.8 Å². The van der Waals surface area contributed by atoms with Gasteiger partial charge in [0.2, 0.25) is 0 Å². The van der Waals surface area contributed by atoms with Crippen LogP contribution >= 0.6 is 22.9 Å². The molecule has 1 atom stereocenters. The summed E-state index contributed by atoms with van der Waals surface area (Å²) in [5, 5.41) is 3.98. The zero-order valence-corrected chi connectivity index (χ0v) is 13.5. The molecule has 3 heterocycles. The SMILES string of the molecule is COC(=O)C1CCN(c2snc(N)c2-c2csc(C)n2)C1. The van der Waals surface area contributed by atoms with E-state index in [9.17, 15) is 4.79 Å². The van der Waals surface area contributed by atoms with Crippen molar-refractivity contribution >= 4 is 39.7 Å². The summed E-state index contributed by atoms with van der Waals surface area (Å²) in [5.41, 5.74) is 7.76. The normalized spacial score (nSPS) is 18.2. The number of ether oxygens (including phenoxy) is 1. The Kier molecular flexibility index (Phi) is 3.81. The summed E-state index contributed by atoms with van der Waals surface area (Å²) in [6.45, 7) is 3.41.